The molecule has 0 bridgehead atoms. The Morgan fingerprint density at radius 2 is 1.94 bits per heavy atom. The molecule has 1 amide bonds. The fourth-order valence-corrected chi connectivity index (χ4v) is 1.64. The van der Waals surface area contributed by atoms with Gasteiger partial charge in [0.05, 0.1) is 0 Å². The van der Waals surface area contributed by atoms with Crippen LogP contribution in [-0.4, -0.2) is 19.1 Å². The van der Waals surface area contributed by atoms with Crippen LogP contribution in [0.15, 0.2) is 30.3 Å². The lowest BCUT2D eigenvalue weighted by atomic mass is 10.2. The van der Waals surface area contributed by atoms with Crippen LogP contribution in [0.4, 0.5) is 0 Å². The Kier molecular flexibility index (Phi) is 7.89. The summed E-state index contributed by atoms with van der Waals surface area (Å²) in [5, 5.41) is 2.84. The lowest BCUT2D eigenvalue weighted by Crippen LogP contribution is -2.27. The Balaban J connectivity index is 2.01. The van der Waals surface area contributed by atoms with E-state index in [2.05, 4.69) is 12.2 Å². The first kappa shape index (κ1) is 14.7. The number of ether oxygens (including phenoxy) is 1. The van der Waals surface area contributed by atoms with Crippen LogP contribution in [0.1, 0.15) is 38.2 Å². The summed E-state index contributed by atoms with van der Waals surface area (Å²) in [5.74, 6) is -0.0469. The van der Waals surface area contributed by atoms with Crippen molar-refractivity contribution in [2.75, 3.05) is 13.2 Å². The summed E-state index contributed by atoms with van der Waals surface area (Å²) in [4.78, 5) is 11.5. The Morgan fingerprint density at radius 3 is 2.67 bits per heavy atom. The second-order valence-electron chi connectivity index (χ2n) is 4.38. The van der Waals surface area contributed by atoms with Crippen LogP contribution in [0.3, 0.4) is 0 Å². The van der Waals surface area contributed by atoms with Crippen molar-refractivity contribution in [3.8, 4) is 0 Å². The van der Waals surface area contributed by atoms with Crippen molar-refractivity contribution < 1.29 is 9.53 Å². The number of amides is 1. The molecule has 18 heavy (non-hydrogen) atoms. The van der Waals surface area contributed by atoms with Crippen LogP contribution in [0.5, 0.6) is 0 Å². The van der Waals surface area contributed by atoms with Crippen molar-refractivity contribution in [3.05, 3.63) is 35.9 Å². The number of benzene rings is 1. The molecule has 1 aromatic carbocycles. The number of carbonyl (C=O) groups excluding carboxylic acids is 1. The zero-order chi connectivity index (χ0) is 13.1. The van der Waals surface area contributed by atoms with Gasteiger partial charge in [0.25, 0.3) is 0 Å². The smallest absolute Gasteiger partial charge is 0.246 e. The molecule has 0 saturated carbocycles. The minimum absolute atomic E-state index is 0.0469. The largest absolute Gasteiger partial charge is 0.372 e. The van der Waals surface area contributed by atoms with E-state index in [0.29, 0.717) is 13.2 Å². The highest BCUT2D eigenvalue weighted by Gasteiger charge is 2.00. The standard InChI is InChI=1S/C15H23NO2/c1-2-3-4-8-11-18-13-15(17)16-12-14-9-6-5-7-10-14/h5-7,9-10H,2-4,8,11-13H2,1H3,(H,16,17). The first-order chi connectivity index (χ1) is 8.83. The highest BCUT2D eigenvalue weighted by atomic mass is 16.5. The van der Waals surface area contributed by atoms with E-state index in [1.54, 1.807) is 0 Å². The van der Waals surface area contributed by atoms with Gasteiger partial charge in [0.2, 0.25) is 5.91 Å². The van der Waals surface area contributed by atoms with Gasteiger partial charge in [0.1, 0.15) is 6.61 Å². The first-order valence-corrected chi connectivity index (χ1v) is 6.71. The predicted molar refractivity (Wildman–Crippen MR) is 73.2 cm³/mol. The minimum Gasteiger partial charge on any atom is -0.372 e. The Morgan fingerprint density at radius 1 is 1.17 bits per heavy atom. The van der Waals surface area contributed by atoms with Crippen LogP contribution in [-0.2, 0) is 16.1 Å². The molecule has 3 nitrogen and oxygen atoms in total. The highest BCUT2D eigenvalue weighted by molar-refractivity contribution is 5.77. The second-order valence-corrected chi connectivity index (χ2v) is 4.38. The van der Waals surface area contributed by atoms with Gasteiger partial charge in [-0.3, -0.25) is 4.79 Å². The van der Waals surface area contributed by atoms with E-state index in [-0.39, 0.29) is 12.5 Å². The van der Waals surface area contributed by atoms with Gasteiger partial charge in [-0.15, -0.1) is 0 Å². The molecule has 0 aliphatic carbocycles. The lowest BCUT2D eigenvalue weighted by molar-refractivity contribution is -0.125. The van der Waals surface area contributed by atoms with Crippen LogP contribution in [0.2, 0.25) is 0 Å². The summed E-state index contributed by atoms with van der Waals surface area (Å²) in [6.07, 6.45) is 4.68. The molecule has 3 heteroatoms. The topological polar surface area (TPSA) is 38.3 Å². The number of hydrogen-bond acceptors (Lipinski definition) is 2. The fraction of sp³-hybridized carbons (Fsp3) is 0.533. The molecule has 0 fully saturated rings. The number of unbranched alkanes of at least 4 members (excludes halogenated alkanes) is 3. The molecule has 0 heterocycles. The quantitative estimate of drug-likeness (QED) is 0.683. The second kappa shape index (κ2) is 9.66. The molecule has 0 aliphatic rings. The Bertz CT molecular complexity index is 325. The van der Waals surface area contributed by atoms with E-state index in [4.69, 9.17) is 4.74 Å². The Hall–Kier alpha value is -1.35. The molecule has 0 aliphatic heterocycles. The van der Waals surface area contributed by atoms with Gasteiger partial charge < -0.3 is 10.1 Å². The molecule has 0 aromatic heterocycles. The van der Waals surface area contributed by atoms with E-state index in [9.17, 15) is 4.79 Å². The van der Waals surface area contributed by atoms with Gasteiger partial charge in [-0.25, -0.2) is 0 Å². The summed E-state index contributed by atoms with van der Waals surface area (Å²) in [5.41, 5.74) is 1.11. The third-order valence-electron chi connectivity index (χ3n) is 2.71. The van der Waals surface area contributed by atoms with Gasteiger partial charge in [-0.2, -0.15) is 0 Å². The van der Waals surface area contributed by atoms with Gasteiger partial charge in [-0.1, -0.05) is 56.5 Å². The van der Waals surface area contributed by atoms with Gasteiger partial charge in [0, 0.05) is 13.2 Å². The molecule has 100 valence electrons. The number of carbonyl (C=O) groups is 1. The fourth-order valence-electron chi connectivity index (χ4n) is 1.64. The lowest BCUT2D eigenvalue weighted by Gasteiger charge is -2.06. The highest BCUT2D eigenvalue weighted by Crippen LogP contribution is 1.99. The van der Waals surface area contributed by atoms with Crippen LogP contribution in [0, 0.1) is 0 Å². The zero-order valence-corrected chi connectivity index (χ0v) is 11.2. The molecule has 0 saturated heterocycles. The van der Waals surface area contributed by atoms with Crippen molar-refractivity contribution in [2.24, 2.45) is 0 Å². The summed E-state index contributed by atoms with van der Waals surface area (Å²) < 4.78 is 5.32. The van der Waals surface area contributed by atoms with E-state index in [0.717, 1.165) is 12.0 Å². The average molecular weight is 249 g/mol. The monoisotopic (exact) mass is 249 g/mol. The van der Waals surface area contributed by atoms with Crippen molar-refractivity contribution >= 4 is 5.91 Å². The SMILES string of the molecule is CCCCCCOCC(=O)NCc1ccccc1. The van der Waals surface area contributed by atoms with E-state index in [1.807, 2.05) is 30.3 Å². The van der Waals surface area contributed by atoms with Crippen molar-refractivity contribution in [2.45, 2.75) is 39.2 Å². The van der Waals surface area contributed by atoms with E-state index < -0.39 is 0 Å². The molecule has 1 rings (SSSR count). The summed E-state index contributed by atoms with van der Waals surface area (Å²) in [6.45, 7) is 3.59. The van der Waals surface area contributed by atoms with Crippen LogP contribution < -0.4 is 5.32 Å². The first-order valence-electron chi connectivity index (χ1n) is 6.71. The third kappa shape index (κ3) is 7.07. The molecule has 0 unspecified atom stereocenters. The molecule has 1 aromatic rings. The summed E-state index contributed by atoms with van der Waals surface area (Å²) in [6, 6.07) is 9.87. The number of nitrogens with one attached hydrogen (secondary N) is 1. The van der Waals surface area contributed by atoms with E-state index in [1.165, 1.54) is 19.3 Å². The molecule has 0 spiro atoms. The maximum absolute atomic E-state index is 11.5. The minimum atomic E-state index is -0.0469. The van der Waals surface area contributed by atoms with Crippen molar-refractivity contribution in [1.29, 1.82) is 0 Å². The summed E-state index contributed by atoms with van der Waals surface area (Å²) in [7, 11) is 0. The Labute approximate surface area is 110 Å². The molecule has 1 N–H and O–H groups in total. The molecular weight excluding hydrogens is 226 g/mol. The summed E-state index contributed by atoms with van der Waals surface area (Å²) >= 11 is 0. The van der Waals surface area contributed by atoms with Crippen LogP contribution in [0.25, 0.3) is 0 Å². The van der Waals surface area contributed by atoms with Crippen molar-refractivity contribution in [3.63, 3.8) is 0 Å². The van der Waals surface area contributed by atoms with Crippen molar-refractivity contribution in [1.82, 2.24) is 5.32 Å². The maximum atomic E-state index is 11.5. The van der Waals surface area contributed by atoms with Gasteiger partial charge >= 0.3 is 0 Å². The number of rotatable bonds is 9. The zero-order valence-electron chi connectivity index (χ0n) is 11.2. The normalized spacial score (nSPS) is 10.3. The third-order valence-corrected chi connectivity index (χ3v) is 2.71. The average Bonchev–Trinajstić information content (AvgIpc) is 2.41. The molecule has 0 atom stereocenters. The van der Waals surface area contributed by atoms with E-state index >= 15 is 0 Å². The molecule has 0 radical (unpaired) electrons. The maximum Gasteiger partial charge on any atom is 0.246 e. The predicted octanol–water partition coefficient (Wildman–Crippen LogP) is 2.90. The molecular formula is C15H23NO2. The van der Waals surface area contributed by atoms with Crippen LogP contribution >= 0.6 is 0 Å². The van der Waals surface area contributed by atoms with Gasteiger partial charge in [0.15, 0.2) is 0 Å². The number of hydrogen-bond donors (Lipinski definition) is 1. The van der Waals surface area contributed by atoms with Gasteiger partial charge in [-0.05, 0) is 12.0 Å².